The van der Waals surface area contributed by atoms with Crippen LogP contribution in [0.1, 0.15) is 24.0 Å². The number of hydrogen-bond acceptors (Lipinski definition) is 3. The number of hydrogen-bond donors (Lipinski definition) is 2. The van der Waals surface area contributed by atoms with Crippen molar-refractivity contribution < 1.29 is 21.6 Å². The summed E-state index contributed by atoms with van der Waals surface area (Å²) in [6.45, 7) is 1.88. The van der Waals surface area contributed by atoms with Crippen LogP contribution in [0, 0.1) is 6.92 Å². The predicted octanol–water partition coefficient (Wildman–Crippen LogP) is 1.83. The maximum atomic E-state index is 12.8. The molecular formula is C12H15F3N2O2S. The van der Waals surface area contributed by atoms with Gasteiger partial charge in [-0.2, -0.15) is 17.9 Å². The normalized spacial score (nSPS) is 18.1. The molecule has 1 aliphatic carbocycles. The number of alkyl halides is 3. The van der Waals surface area contributed by atoms with Crippen LogP contribution in [0.25, 0.3) is 0 Å². The quantitative estimate of drug-likeness (QED) is 0.891. The Kier molecular flexibility index (Phi) is 3.60. The monoisotopic (exact) mass is 308 g/mol. The molecule has 0 aliphatic heterocycles. The minimum absolute atomic E-state index is 0.125. The molecule has 1 aromatic carbocycles. The molecule has 0 atom stereocenters. The van der Waals surface area contributed by atoms with E-state index >= 15 is 0 Å². The Morgan fingerprint density at radius 2 is 1.95 bits per heavy atom. The van der Waals surface area contributed by atoms with Crippen molar-refractivity contribution in [2.24, 2.45) is 5.73 Å². The molecule has 112 valence electrons. The van der Waals surface area contributed by atoms with Gasteiger partial charge in [0.1, 0.15) is 5.54 Å². The van der Waals surface area contributed by atoms with Crippen LogP contribution in [0.3, 0.4) is 0 Å². The molecular weight excluding hydrogens is 293 g/mol. The zero-order valence-corrected chi connectivity index (χ0v) is 11.6. The lowest BCUT2D eigenvalue weighted by Crippen LogP contribution is -2.47. The van der Waals surface area contributed by atoms with Crippen LogP contribution in [-0.2, 0) is 16.6 Å². The van der Waals surface area contributed by atoms with Crippen LogP contribution in [0.15, 0.2) is 23.1 Å². The maximum absolute atomic E-state index is 12.8. The molecule has 4 nitrogen and oxygen atoms in total. The van der Waals surface area contributed by atoms with Gasteiger partial charge in [0, 0.05) is 6.54 Å². The summed E-state index contributed by atoms with van der Waals surface area (Å²) in [4.78, 5) is -0.195. The van der Waals surface area contributed by atoms with Crippen LogP contribution in [0.5, 0.6) is 0 Å². The molecule has 0 bridgehead atoms. The van der Waals surface area contributed by atoms with E-state index in [1.54, 1.807) is 11.6 Å². The Balaban J connectivity index is 2.33. The van der Waals surface area contributed by atoms with E-state index in [-0.39, 0.29) is 24.3 Å². The zero-order valence-electron chi connectivity index (χ0n) is 10.8. The Morgan fingerprint density at radius 3 is 2.40 bits per heavy atom. The Hall–Kier alpha value is -1.12. The lowest BCUT2D eigenvalue weighted by molar-refractivity contribution is -0.160. The fourth-order valence-electron chi connectivity index (χ4n) is 1.92. The first-order valence-corrected chi connectivity index (χ1v) is 7.50. The molecule has 1 fully saturated rings. The highest BCUT2D eigenvalue weighted by Crippen LogP contribution is 2.49. The van der Waals surface area contributed by atoms with Gasteiger partial charge in [-0.3, -0.25) is 0 Å². The van der Waals surface area contributed by atoms with Crippen LogP contribution in [0.4, 0.5) is 13.2 Å². The minimum atomic E-state index is -4.58. The van der Waals surface area contributed by atoms with Crippen LogP contribution < -0.4 is 10.5 Å². The summed E-state index contributed by atoms with van der Waals surface area (Å²) in [5.41, 5.74) is 4.55. The molecule has 0 saturated heterocycles. The van der Waals surface area contributed by atoms with Crippen LogP contribution in [-0.4, -0.2) is 20.1 Å². The number of benzene rings is 1. The molecule has 1 aromatic rings. The number of rotatable bonds is 4. The van der Waals surface area contributed by atoms with Gasteiger partial charge in [0.15, 0.2) is 0 Å². The molecule has 1 aliphatic rings. The first-order chi connectivity index (χ1) is 9.11. The summed E-state index contributed by atoms with van der Waals surface area (Å²) in [5, 5.41) is 0. The van der Waals surface area contributed by atoms with Gasteiger partial charge in [-0.25, -0.2) is 8.42 Å². The smallest absolute Gasteiger partial charge is 0.326 e. The third-order valence-electron chi connectivity index (χ3n) is 3.47. The van der Waals surface area contributed by atoms with Crippen molar-refractivity contribution in [1.29, 1.82) is 0 Å². The van der Waals surface area contributed by atoms with Crippen molar-refractivity contribution in [3.05, 3.63) is 29.3 Å². The van der Waals surface area contributed by atoms with Crippen molar-refractivity contribution in [3.8, 4) is 0 Å². The number of nitrogens with two attached hydrogens (primary N) is 1. The molecule has 20 heavy (non-hydrogen) atoms. The number of aryl methyl sites for hydroxylation is 1. The van der Waals surface area contributed by atoms with Crippen LogP contribution in [0.2, 0.25) is 0 Å². The Morgan fingerprint density at radius 1 is 1.35 bits per heavy atom. The molecule has 0 unspecified atom stereocenters. The van der Waals surface area contributed by atoms with Gasteiger partial charge < -0.3 is 5.73 Å². The fraction of sp³-hybridized carbons (Fsp3) is 0.500. The van der Waals surface area contributed by atoms with E-state index in [1.807, 2.05) is 0 Å². The number of sulfonamides is 1. The Bertz CT molecular complexity index is 622. The summed E-state index contributed by atoms with van der Waals surface area (Å²) >= 11 is 0. The largest absolute Gasteiger partial charge is 0.407 e. The first-order valence-electron chi connectivity index (χ1n) is 6.02. The van der Waals surface area contributed by atoms with Gasteiger partial charge in [-0.1, -0.05) is 6.07 Å². The van der Waals surface area contributed by atoms with Gasteiger partial charge in [-0.05, 0) is 43.0 Å². The van der Waals surface area contributed by atoms with E-state index in [1.165, 1.54) is 18.2 Å². The molecule has 2 rings (SSSR count). The molecule has 0 heterocycles. The van der Waals surface area contributed by atoms with Crippen molar-refractivity contribution in [2.75, 3.05) is 0 Å². The second kappa shape index (κ2) is 4.71. The van der Waals surface area contributed by atoms with E-state index < -0.39 is 21.7 Å². The highest BCUT2D eigenvalue weighted by Gasteiger charge is 2.65. The van der Waals surface area contributed by atoms with Crippen molar-refractivity contribution in [3.63, 3.8) is 0 Å². The lowest BCUT2D eigenvalue weighted by Gasteiger charge is -2.21. The van der Waals surface area contributed by atoms with E-state index in [0.29, 0.717) is 5.56 Å². The van der Waals surface area contributed by atoms with Gasteiger partial charge >= 0.3 is 6.18 Å². The van der Waals surface area contributed by atoms with Crippen molar-refractivity contribution in [1.82, 2.24) is 4.72 Å². The van der Waals surface area contributed by atoms with E-state index in [2.05, 4.69) is 0 Å². The molecule has 0 radical (unpaired) electrons. The highest BCUT2D eigenvalue weighted by molar-refractivity contribution is 7.89. The fourth-order valence-corrected chi connectivity index (χ4v) is 3.42. The SMILES string of the molecule is Cc1ccc(S(=O)(=O)NC2(C(F)(F)F)CC2)cc1CN. The predicted molar refractivity (Wildman–Crippen MR) is 67.4 cm³/mol. The summed E-state index contributed by atoms with van der Waals surface area (Å²) in [7, 11) is -4.21. The molecule has 1 saturated carbocycles. The lowest BCUT2D eigenvalue weighted by atomic mass is 10.1. The van der Waals surface area contributed by atoms with Gasteiger partial charge in [0.05, 0.1) is 4.90 Å². The summed E-state index contributed by atoms with van der Waals surface area (Å²) < 4.78 is 64.3. The average Bonchev–Trinajstić information content (AvgIpc) is 3.09. The standard InChI is InChI=1S/C12H15F3N2O2S/c1-8-2-3-10(6-9(8)7-16)20(18,19)17-11(4-5-11)12(13,14)15/h2-3,6,17H,4-5,7,16H2,1H3. The van der Waals surface area contributed by atoms with Gasteiger partial charge in [0.25, 0.3) is 0 Å². The average molecular weight is 308 g/mol. The number of halogens is 3. The second-order valence-corrected chi connectivity index (χ2v) is 6.66. The summed E-state index contributed by atoms with van der Waals surface area (Å²) in [5.74, 6) is 0. The first kappa shape index (κ1) is 15.3. The number of nitrogens with one attached hydrogen (secondary N) is 1. The molecule has 0 spiro atoms. The zero-order chi connectivity index (χ0) is 15.2. The molecule has 0 aromatic heterocycles. The van der Waals surface area contributed by atoms with E-state index in [0.717, 1.165) is 5.56 Å². The highest BCUT2D eigenvalue weighted by atomic mass is 32.2. The third-order valence-corrected chi connectivity index (χ3v) is 5.01. The Labute approximate surface area is 115 Å². The molecule has 3 N–H and O–H groups in total. The maximum Gasteiger partial charge on any atom is 0.407 e. The van der Waals surface area contributed by atoms with Gasteiger partial charge in [0.2, 0.25) is 10.0 Å². The van der Waals surface area contributed by atoms with Crippen LogP contribution >= 0.6 is 0 Å². The van der Waals surface area contributed by atoms with Gasteiger partial charge in [-0.15, -0.1) is 0 Å². The second-order valence-electron chi connectivity index (χ2n) is 4.98. The molecule has 0 amide bonds. The van der Waals surface area contributed by atoms with Crippen molar-refractivity contribution in [2.45, 2.75) is 42.9 Å². The third kappa shape index (κ3) is 2.68. The molecule has 8 heteroatoms. The minimum Gasteiger partial charge on any atom is -0.326 e. The van der Waals surface area contributed by atoms with E-state index in [9.17, 15) is 21.6 Å². The van der Waals surface area contributed by atoms with E-state index in [4.69, 9.17) is 5.73 Å². The summed E-state index contributed by atoms with van der Waals surface area (Å²) in [6, 6.07) is 4.12. The topological polar surface area (TPSA) is 72.2 Å². The summed E-state index contributed by atoms with van der Waals surface area (Å²) in [6.07, 6.45) is -5.04. The van der Waals surface area contributed by atoms with Crippen molar-refractivity contribution >= 4 is 10.0 Å².